The number of hydrogen-bond acceptors (Lipinski definition) is 3. The molecule has 3 aromatic heterocycles. The molecule has 0 N–H and O–H groups in total. The molecule has 19 heavy (non-hydrogen) atoms. The molecule has 0 amide bonds. The van der Waals surface area contributed by atoms with Crippen LogP contribution < -0.4 is 0 Å². The van der Waals surface area contributed by atoms with Crippen LogP contribution >= 0.6 is 64.2 Å². The molecule has 7 heteroatoms. The molecule has 3 heterocycles. The number of rotatable bonds is 6. The molecule has 0 fully saturated rings. The molecule has 0 spiro atoms. The highest BCUT2D eigenvalue weighted by Gasteiger charge is 2.15. The fourth-order valence-corrected chi connectivity index (χ4v) is 20.4. The Labute approximate surface area is 131 Å². The van der Waals surface area contributed by atoms with Gasteiger partial charge in [-0.15, -0.1) is 24.6 Å². The Morgan fingerprint density at radius 2 is 1.00 bits per heavy atom. The lowest BCUT2D eigenvalue weighted by molar-refractivity contribution is 1.76. The summed E-state index contributed by atoms with van der Waals surface area (Å²) in [5, 5.41) is 0. The SMILES string of the molecule is c1c[pH]c(SP(Sc2ccc[pH]2)Sc2ccc[pH]2)c1. The first-order chi connectivity index (χ1) is 9.40. The van der Waals surface area contributed by atoms with Gasteiger partial charge in [0.25, 0.3) is 0 Å². The molecule has 0 aliphatic rings. The molecule has 3 rings (SSSR count). The zero-order valence-corrected chi connectivity index (χ0v) is 16.2. The van der Waals surface area contributed by atoms with Gasteiger partial charge in [0.1, 0.15) is 0 Å². The zero-order valence-electron chi connectivity index (χ0n) is 9.87. The maximum atomic E-state index is 2.28. The summed E-state index contributed by atoms with van der Waals surface area (Å²) in [5.41, 5.74) is -0.148. The van der Waals surface area contributed by atoms with Crippen molar-refractivity contribution < 1.29 is 0 Å². The highest BCUT2D eigenvalue weighted by Crippen LogP contribution is 2.77. The van der Waals surface area contributed by atoms with Crippen LogP contribution in [-0.4, -0.2) is 0 Å². The van der Waals surface area contributed by atoms with Crippen molar-refractivity contribution in [3.05, 3.63) is 53.8 Å². The van der Waals surface area contributed by atoms with Crippen molar-refractivity contribution in [2.75, 3.05) is 0 Å². The van der Waals surface area contributed by atoms with E-state index in [2.05, 4.69) is 87.9 Å². The third-order valence-corrected chi connectivity index (χ3v) is 16.8. The second kappa shape index (κ2) is 7.72. The Morgan fingerprint density at radius 1 is 0.632 bits per heavy atom. The molecule has 98 valence electrons. The van der Waals surface area contributed by atoms with Crippen LogP contribution in [0.25, 0.3) is 0 Å². The summed E-state index contributed by atoms with van der Waals surface area (Å²) < 4.78 is 4.66. The minimum absolute atomic E-state index is 0.148. The second-order valence-electron chi connectivity index (χ2n) is 3.60. The standard InChI is InChI=1S/C12H12P4S3/c1-4-10(13-7-1)17-16(18-11-5-2-8-14-11)19-12-6-3-9-15-12/h1-9,13-15H. The lowest BCUT2D eigenvalue weighted by Gasteiger charge is -2.13. The van der Waals surface area contributed by atoms with Gasteiger partial charge in [-0.3, -0.25) is 0 Å². The topological polar surface area (TPSA) is 0 Å². The molecule has 0 nitrogen and oxygen atoms in total. The Bertz CT molecular complexity index is 488. The first-order valence-corrected chi connectivity index (χ1v) is 14.5. The Kier molecular flexibility index (Phi) is 5.99. The molecule has 0 saturated carbocycles. The van der Waals surface area contributed by atoms with Crippen LogP contribution in [0.2, 0.25) is 0 Å². The quantitative estimate of drug-likeness (QED) is 0.405. The predicted molar refractivity (Wildman–Crippen MR) is 102 cm³/mol. The largest absolute Gasteiger partial charge is 0.125 e. The fourth-order valence-electron chi connectivity index (χ4n) is 1.41. The normalized spacial score (nSPS) is 13.9. The van der Waals surface area contributed by atoms with Crippen LogP contribution in [-0.2, 0) is 0 Å². The highest BCUT2D eigenvalue weighted by atomic mass is 33.4. The first-order valence-electron chi connectivity index (χ1n) is 5.64. The van der Waals surface area contributed by atoms with Crippen molar-refractivity contribution in [2.45, 2.75) is 13.9 Å². The van der Waals surface area contributed by atoms with E-state index in [1.807, 2.05) is 0 Å². The van der Waals surface area contributed by atoms with Crippen molar-refractivity contribution in [1.29, 1.82) is 0 Å². The van der Waals surface area contributed by atoms with Crippen LogP contribution in [0.15, 0.2) is 67.7 Å². The predicted octanol–water partition coefficient (Wildman–Crippen LogP) is 7.68. The summed E-state index contributed by atoms with van der Waals surface area (Å²) in [7, 11) is 2.66. The van der Waals surface area contributed by atoms with Crippen molar-refractivity contribution >= 4 is 64.2 Å². The molecule has 3 aromatic rings. The van der Waals surface area contributed by atoms with E-state index in [-0.39, 0.29) is 5.53 Å². The van der Waals surface area contributed by atoms with Gasteiger partial charge in [-0.1, -0.05) is 52.3 Å². The van der Waals surface area contributed by atoms with Gasteiger partial charge in [0.2, 0.25) is 0 Å². The van der Waals surface area contributed by atoms with E-state index in [1.54, 1.807) is 13.9 Å². The summed E-state index contributed by atoms with van der Waals surface area (Å²) in [6, 6.07) is 13.4. The van der Waals surface area contributed by atoms with Gasteiger partial charge in [0.15, 0.2) is 0 Å². The summed E-state index contributed by atoms with van der Waals surface area (Å²) >= 11 is 6.30. The van der Waals surface area contributed by atoms with E-state index in [0.29, 0.717) is 0 Å². The summed E-state index contributed by atoms with van der Waals surface area (Å²) in [6.07, 6.45) is 0. The summed E-state index contributed by atoms with van der Waals surface area (Å²) in [4.78, 5) is 0. The van der Waals surface area contributed by atoms with E-state index >= 15 is 0 Å². The van der Waals surface area contributed by atoms with Crippen LogP contribution in [0.1, 0.15) is 0 Å². The van der Waals surface area contributed by atoms with Gasteiger partial charge in [-0.05, 0) is 35.6 Å². The van der Waals surface area contributed by atoms with Crippen molar-refractivity contribution in [3.63, 3.8) is 0 Å². The van der Waals surface area contributed by atoms with Gasteiger partial charge in [-0.25, -0.2) is 0 Å². The minimum atomic E-state index is -0.148. The molecule has 0 aromatic carbocycles. The maximum Gasteiger partial charge on any atom is 0.0886 e. The van der Waals surface area contributed by atoms with Crippen molar-refractivity contribution in [1.82, 2.24) is 0 Å². The monoisotopic (exact) mass is 376 g/mol. The molecule has 0 radical (unpaired) electrons. The Morgan fingerprint density at radius 3 is 1.26 bits per heavy atom. The molecule has 0 saturated heterocycles. The molecule has 0 aliphatic heterocycles. The van der Waals surface area contributed by atoms with Crippen LogP contribution in [0.4, 0.5) is 0 Å². The van der Waals surface area contributed by atoms with E-state index in [9.17, 15) is 0 Å². The fraction of sp³-hybridized carbons (Fsp3) is 0. The molecule has 3 unspecified atom stereocenters. The maximum absolute atomic E-state index is 2.28. The lowest BCUT2D eigenvalue weighted by Crippen LogP contribution is -1.58. The second-order valence-corrected chi connectivity index (χ2v) is 17.5. The molecule has 3 atom stereocenters. The molecule has 0 aliphatic carbocycles. The zero-order chi connectivity index (χ0) is 12.9. The molecular weight excluding hydrogens is 364 g/mol. The van der Waals surface area contributed by atoms with E-state index < -0.39 is 0 Å². The number of hydrogen-bond donors (Lipinski definition) is 0. The Hall–Kier alpha value is 0.820. The Balaban J connectivity index is 1.70. The van der Waals surface area contributed by atoms with Gasteiger partial charge in [-0.2, -0.15) is 0 Å². The van der Waals surface area contributed by atoms with Gasteiger partial charge in [0.05, 0.1) is 5.53 Å². The van der Waals surface area contributed by atoms with E-state index in [1.165, 1.54) is 0 Å². The van der Waals surface area contributed by atoms with Gasteiger partial charge < -0.3 is 0 Å². The van der Waals surface area contributed by atoms with Crippen LogP contribution in [0.3, 0.4) is 0 Å². The highest BCUT2D eigenvalue weighted by molar-refractivity contribution is 9.12. The average molecular weight is 376 g/mol. The average Bonchev–Trinajstić information content (AvgIpc) is 3.10. The molecular formula is C12H12P4S3. The van der Waals surface area contributed by atoms with Crippen molar-refractivity contribution in [3.8, 4) is 0 Å². The lowest BCUT2D eigenvalue weighted by atomic mass is 10.7. The van der Waals surface area contributed by atoms with Gasteiger partial charge >= 0.3 is 0 Å². The van der Waals surface area contributed by atoms with E-state index in [4.69, 9.17) is 0 Å². The molecule has 0 bridgehead atoms. The van der Waals surface area contributed by atoms with Crippen LogP contribution in [0.5, 0.6) is 0 Å². The van der Waals surface area contributed by atoms with Gasteiger partial charge in [0, 0.05) is 13.9 Å². The summed E-state index contributed by atoms with van der Waals surface area (Å²) in [6.45, 7) is 0. The smallest absolute Gasteiger partial charge is 0.0886 e. The first kappa shape index (κ1) is 14.7. The van der Waals surface area contributed by atoms with E-state index in [0.717, 1.165) is 24.6 Å². The van der Waals surface area contributed by atoms with Crippen LogP contribution in [0, 0.1) is 0 Å². The third-order valence-electron chi connectivity index (χ3n) is 2.23. The summed E-state index contributed by atoms with van der Waals surface area (Å²) in [5.74, 6) is 6.84. The minimum Gasteiger partial charge on any atom is -0.125 e. The third kappa shape index (κ3) is 4.66. The van der Waals surface area contributed by atoms with Crippen molar-refractivity contribution in [2.24, 2.45) is 0 Å².